The molecule has 39 nitrogen and oxygen atoms in total. The fourth-order valence-corrected chi connectivity index (χ4v) is 9.17. The van der Waals surface area contributed by atoms with Crippen molar-refractivity contribution in [2.24, 2.45) is 55.9 Å². The first-order chi connectivity index (χ1) is 49.4. The summed E-state index contributed by atoms with van der Waals surface area (Å²) >= 11 is 0. The predicted molar refractivity (Wildman–Crippen MR) is 373 cm³/mol. The molecule has 0 spiro atoms. The number of guanidine groups is 2. The van der Waals surface area contributed by atoms with Gasteiger partial charge < -0.3 is 125 Å². The van der Waals surface area contributed by atoms with E-state index < -0.39 is 182 Å². The van der Waals surface area contributed by atoms with Gasteiger partial charge in [-0.05, 0) is 116 Å². The Bertz CT molecular complexity index is 3220. The molecule has 31 N–H and O–H groups in total. The normalized spacial score (nSPS) is 14.0. The van der Waals surface area contributed by atoms with E-state index in [-0.39, 0.29) is 89.3 Å². The number of aliphatic hydroxyl groups is 2. The molecule has 11 unspecified atom stereocenters. The van der Waals surface area contributed by atoms with E-state index in [1.54, 1.807) is 60.7 Å². The average molecular weight is 1500 g/mol. The van der Waals surface area contributed by atoms with E-state index in [1.807, 2.05) is 0 Å². The number of hydrogen-bond acceptors (Lipinski definition) is 21. The minimum absolute atomic E-state index is 0.0249. The number of nitrogens with two attached hydrogens (primary N) is 8. The molecule has 0 aliphatic rings. The molecule has 0 fully saturated rings. The van der Waals surface area contributed by atoms with Gasteiger partial charge in [-0.1, -0.05) is 60.7 Å². The molecule has 2 aromatic carbocycles. The quantitative estimate of drug-likeness (QED) is 0.0166. The Hall–Kier alpha value is -10.8. The molecule has 0 aromatic heterocycles. The van der Waals surface area contributed by atoms with Crippen molar-refractivity contribution in [2.75, 3.05) is 52.4 Å². The smallest absolute Gasteiger partial charge is 0.475 e. The highest BCUT2D eigenvalue weighted by Gasteiger charge is 2.39. The third-order valence-electron chi connectivity index (χ3n) is 14.8. The SMILES string of the molecule is CC(NC(=O)CNC(=O)C(NC(=O)C(Cc1ccccc1)NC(=O)CNC(=O)CNC(=O)C(N)Cc1ccccc1)C(C)O)C(=O)NC(CCCN=C(N)N)C(=O)NC(CCCCN)C(=O)NC(CO)C(=O)NC(C)C(=O)NC(CCCN=C(N)N)C(=O)NC(CCCCN)C(N)=O.O=C(O)C(F)(F)F. The number of nitrogens with one attached hydrogen (secondary N) is 12. The average Bonchev–Trinajstić information content (AvgIpc) is 0.869. The minimum atomic E-state index is -5.08. The van der Waals surface area contributed by atoms with Crippen LogP contribution in [0, 0.1) is 0 Å². The Morgan fingerprint density at radius 3 is 1.25 bits per heavy atom. The maximum absolute atomic E-state index is 14.1. The van der Waals surface area contributed by atoms with Crippen molar-refractivity contribution >= 4 is 94.7 Å². The van der Waals surface area contributed by atoms with E-state index in [2.05, 4.69) is 73.8 Å². The Labute approximate surface area is 602 Å². The number of hydrogen-bond donors (Lipinski definition) is 23. The molecule has 0 aliphatic carbocycles. The molecule has 13 amide bonds. The number of carboxylic acid groups (broad SMARTS) is 1. The van der Waals surface area contributed by atoms with Crippen LogP contribution in [-0.2, 0) is 80.0 Å². The summed E-state index contributed by atoms with van der Waals surface area (Å²) in [6.45, 7) is 1.22. The maximum atomic E-state index is 14.1. The van der Waals surface area contributed by atoms with Gasteiger partial charge in [-0.2, -0.15) is 13.2 Å². The number of aliphatic imine (C=N–C) groups is 2. The molecule has 0 saturated carbocycles. The molecule has 11 atom stereocenters. The van der Waals surface area contributed by atoms with Crippen LogP contribution in [0.25, 0.3) is 0 Å². The van der Waals surface area contributed by atoms with Crippen LogP contribution in [0.3, 0.4) is 0 Å². The van der Waals surface area contributed by atoms with Gasteiger partial charge >= 0.3 is 12.1 Å². The summed E-state index contributed by atoms with van der Waals surface area (Å²) < 4.78 is 31.7. The van der Waals surface area contributed by atoms with Crippen molar-refractivity contribution in [2.45, 2.75) is 171 Å². The number of amides is 13. The van der Waals surface area contributed by atoms with Gasteiger partial charge in [0.1, 0.15) is 54.4 Å². The molecule has 2 aromatic rings. The second-order valence-electron chi connectivity index (χ2n) is 23.7. The molecule has 2 rings (SSSR count). The number of nitrogens with zero attached hydrogens (tertiary/aromatic N) is 2. The second-order valence-corrected chi connectivity index (χ2v) is 23.7. The van der Waals surface area contributed by atoms with Gasteiger partial charge in [-0.3, -0.25) is 72.3 Å². The van der Waals surface area contributed by atoms with Crippen molar-refractivity contribution < 1.29 is 95.6 Å². The predicted octanol–water partition coefficient (Wildman–Crippen LogP) is -8.59. The van der Waals surface area contributed by atoms with Crippen LogP contribution in [0.15, 0.2) is 70.6 Å². The first-order valence-corrected chi connectivity index (χ1v) is 33.2. The van der Waals surface area contributed by atoms with Gasteiger partial charge in [0, 0.05) is 19.5 Å². The first kappa shape index (κ1) is 92.2. The van der Waals surface area contributed by atoms with E-state index in [0.29, 0.717) is 31.4 Å². The zero-order chi connectivity index (χ0) is 79.4. The lowest BCUT2D eigenvalue weighted by atomic mass is 10.0. The zero-order valence-electron chi connectivity index (χ0n) is 58.5. The maximum Gasteiger partial charge on any atom is 0.490 e. The number of carbonyl (C=O) groups excluding carboxylic acids is 13. The third-order valence-corrected chi connectivity index (χ3v) is 14.8. The number of aliphatic hydroxyl groups excluding tert-OH is 2. The largest absolute Gasteiger partial charge is 0.490 e. The lowest BCUT2D eigenvalue weighted by Gasteiger charge is -2.26. The van der Waals surface area contributed by atoms with E-state index in [0.717, 1.165) is 5.56 Å². The minimum Gasteiger partial charge on any atom is -0.475 e. The van der Waals surface area contributed by atoms with Crippen molar-refractivity contribution in [3.63, 3.8) is 0 Å². The molecule has 0 saturated heterocycles. The van der Waals surface area contributed by atoms with Crippen molar-refractivity contribution in [1.82, 2.24) is 63.8 Å². The molecule has 586 valence electrons. The molecule has 105 heavy (non-hydrogen) atoms. The van der Waals surface area contributed by atoms with Crippen LogP contribution < -0.4 is 110 Å². The van der Waals surface area contributed by atoms with Gasteiger partial charge in [0.15, 0.2) is 11.9 Å². The monoisotopic (exact) mass is 1490 g/mol. The molecular formula is C63H101F3N22O17. The van der Waals surface area contributed by atoms with Gasteiger partial charge in [-0.25, -0.2) is 4.79 Å². The summed E-state index contributed by atoms with van der Waals surface area (Å²) in [7, 11) is 0. The summed E-state index contributed by atoms with van der Waals surface area (Å²) in [5.41, 5.74) is 46.0. The van der Waals surface area contributed by atoms with Crippen LogP contribution >= 0.6 is 0 Å². The summed E-state index contributed by atoms with van der Waals surface area (Å²) in [6.07, 6.45) is -4.84. The topological polar surface area (TPSA) is 677 Å². The Balaban J connectivity index is 0.00000746. The number of carboxylic acids is 1. The zero-order valence-corrected chi connectivity index (χ0v) is 58.5. The Kier molecular flexibility index (Phi) is 43.6. The van der Waals surface area contributed by atoms with Crippen molar-refractivity contribution in [3.05, 3.63) is 71.8 Å². The molecule has 0 heterocycles. The third kappa shape index (κ3) is 39.4. The summed E-state index contributed by atoms with van der Waals surface area (Å²) in [4.78, 5) is 190. The lowest BCUT2D eigenvalue weighted by molar-refractivity contribution is -0.192. The number of unbranched alkanes of at least 4 members (excludes halogenated alkanes) is 2. The van der Waals surface area contributed by atoms with E-state index in [4.69, 9.17) is 55.8 Å². The van der Waals surface area contributed by atoms with Gasteiger partial charge in [0.2, 0.25) is 76.8 Å². The van der Waals surface area contributed by atoms with Crippen LogP contribution in [0.4, 0.5) is 13.2 Å². The first-order valence-electron chi connectivity index (χ1n) is 33.2. The van der Waals surface area contributed by atoms with Crippen LogP contribution in [-0.4, -0.2) is 235 Å². The van der Waals surface area contributed by atoms with Crippen molar-refractivity contribution in [1.29, 1.82) is 0 Å². The highest BCUT2D eigenvalue weighted by molar-refractivity contribution is 5.99. The molecule has 42 heteroatoms. The summed E-state index contributed by atoms with van der Waals surface area (Å²) in [5.74, 6) is -14.9. The Morgan fingerprint density at radius 1 is 0.438 bits per heavy atom. The number of aliphatic carboxylic acids is 1. The molecule has 0 aliphatic heterocycles. The fourth-order valence-electron chi connectivity index (χ4n) is 9.17. The molecule has 0 radical (unpaired) electrons. The van der Waals surface area contributed by atoms with Crippen LogP contribution in [0.1, 0.15) is 96.1 Å². The standard InChI is InChI=1S/C61H100N22O15.C2HF3O2/c1-34(75-47(87)32-74-59(98)49(36(3)85)83-57(96)44(29-38-18-8-5-9-19-38)77-48(88)31-72-46(86)30-73-53(92)39(64)28-37-16-6-4-7-17-37)51(90)79-43(23-15-27-71-61(68)69)55(94)81-41(21-11-13-25-63)56(95)82-45(33-84)58(97)76-35(2)52(91)80-42(22-14-26-70-60(66)67)54(93)78-40(50(65)89)20-10-12-24-62;3-2(4,5)1(6)7/h4-9,16-19,34-36,39-45,49,84-85H,10-15,20-33,62-64H2,1-3H3,(H2,65,89)(H,72,86)(H,73,92)(H,74,98)(H,75,87)(H,76,97)(H,77,88)(H,78,93)(H,79,90)(H,80,91)(H,81,94)(H,82,95)(H,83,96)(H4,66,67,70)(H4,68,69,71);(H,6,7). The summed E-state index contributed by atoms with van der Waals surface area (Å²) in [5, 5.41) is 57.2. The highest BCUT2D eigenvalue weighted by atomic mass is 19.4. The van der Waals surface area contributed by atoms with Gasteiger partial charge in [0.05, 0.1) is 38.4 Å². The van der Waals surface area contributed by atoms with E-state index in [1.165, 1.54) is 20.8 Å². The molecular weight excluding hydrogens is 1390 g/mol. The van der Waals surface area contributed by atoms with E-state index >= 15 is 0 Å². The Morgan fingerprint density at radius 2 is 0.810 bits per heavy atom. The molecule has 0 bridgehead atoms. The second kappa shape index (κ2) is 49.7. The number of alkyl halides is 3. The number of halogens is 3. The fraction of sp³-hybridized carbons (Fsp3) is 0.556. The summed E-state index contributed by atoms with van der Waals surface area (Å²) in [6, 6.07) is 3.43. The number of rotatable bonds is 47. The number of carbonyl (C=O) groups is 14. The number of primary amides is 1. The van der Waals surface area contributed by atoms with Crippen LogP contribution in [0.5, 0.6) is 0 Å². The number of benzene rings is 2. The lowest BCUT2D eigenvalue weighted by Crippen LogP contribution is -2.60. The van der Waals surface area contributed by atoms with Gasteiger partial charge in [-0.15, -0.1) is 0 Å². The van der Waals surface area contributed by atoms with Crippen LogP contribution in [0.2, 0.25) is 0 Å². The highest BCUT2D eigenvalue weighted by Crippen LogP contribution is 2.14. The van der Waals surface area contributed by atoms with E-state index in [9.17, 15) is 85.7 Å². The van der Waals surface area contributed by atoms with Gasteiger partial charge in [0.25, 0.3) is 0 Å². The van der Waals surface area contributed by atoms with Crippen molar-refractivity contribution in [3.8, 4) is 0 Å².